The van der Waals surface area contributed by atoms with Crippen LogP contribution in [0.25, 0.3) is 0 Å². The standard InChI is InChI=1S/C21H34/c1-2-16-17-7-3-5-13-9-11-15-12-10-14-6-4-8-18(16)20(14)21(15)19(13)17/h13-21H,2-12H2,1H3. The molecule has 0 nitrogen and oxygen atoms in total. The summed E-state index contributed by atoms with van der Waals surface area (Å²) in [6, 6.07) is 0. The fourth-order valence-corrected chi connectivity index (χ4v) is 8.77. The van der Waals surface area contributed by atoms with Crippen LogP contribution in [-0.4, -0.2) is 0 Å². The Labute approximate surface area is 131 Å². The molecule has 0 amide bonds. The molecular weight excluding hydrogens is 252 g/mol. The molecule has 0 N–H and O–H groups in total. The van der Waals surface area contributed by atoms with E-state index in [0.717, 1.165) is 35.5 Å². The number of hydrogen-bond donors (Lipinski definition) is 0. The first kappa shape index (κ1) is 13.4. The van der Waals surface area contributed by atoms with Gasteiger partial charge in [-0.1, -0.05) is 39.0 Å². The highest BCUT2D eigenvalue weighted by Gasteiger charge is 2.59. The van der Waals surface area contributed by atoms with Crippen LogP contribution in [0.4, 0.5) is 0 Å². The van der Waals surface area contributed by atoms with Crippen LogP contribution < -0.4 is 0 Å². The van der Waals surface area contributed by atoms with E-state index in [9.17, 15) is 0 Å². The predicted octanol–water partition coefficient (Wildman–Crippen LogP) is 5.91. The Morgan fingerprint density at radius 2 is 1.05 bits per heavy atom. The third-order valence-corrected chi connectivity index (χ3v) is 9.12. The average molecular weight is 287 g/mol. The summed E-state index contributed by atoms with van der Waals surface area (Å²) in [5.41, 5.74) is 0. The van der Waals surface area contributed by atoms with E-state index < -0.39 is 0 Å². The molecule has 6 atom stereocenters. The van der Waals surface area contributed by atoms with Crippen molar-refractivity contribution in [3.05, 3.63) is 0 Å². The van der Waals surface area contributed by atoms with Gasteiger partial charge >= 0.3 is 0 Å². The Bertz CT molecular complexity index is 365. The van der Waals surface area contributed by atoms with Gasteiger partial charge in [0.2, 0.25) is 0 Å². The highest BCUT2D eigenvalue weighted by molar-refractivity contribution is 5.08. The highest BCUT2D eigenvalue weighted by atomic mass is 14.6. The summed E-state index contributed by atoms with van der Waals surface area (Å²) in [7, 11) is 0. The lowest BCUT2D eigenvalue weighted by Crippen LogP contribution is -2.58. The summed E-state index contributed by atoms with van der Waals surface area (Å²) in [5, 5.41) is 0. The van der Waals surface area contributed by atoms with Gasteiger partial charge in [-0.3, -0.25) is 0 Å². The van der Waals surface area contributed by atoms with Crippen LogP contribution in [0.3, 0.4) is 0 Å². The summed E-state index contributed by atoms with van der Waals surface area (Å²) < 4.78 is 0. The van der Waals surface area contributed by atoms with Gasteiger partial charge in [-0.05, 0) is 91.8 Å². The van der Waals surface area contributed by atoms with Crippen molar-refractivity contribution < 1.29 is 0 Å². The van der Waals surface area contributed by atoms with Gasteiger partial charge in [-0.25, -0.2) is 0 Å². The molecule has 0 aromatic rings. The van der Waals surface area contributed by atoms with E-state index in [4.69, 9.17) is 0 Å². The zero-order valence-electron chi connectivity index (χ0n) is 14.0. The normalized spacial score (nSPS) is 58.4. The third kappa shape index (κ3) is 1.80. The molecule has 0 aromatic heterocycles. The van der Waals surface area contributed by atoms with Crippen molar-refractivity contribution in [1.82, 2.24) is 0 Å². The van der Waals surface area contributed by atoms with Crippen molar-refractivity contribution in [2.45, 2.75) is 77.6 Å². The van der Waals surface area contributed by atoms with Crippen molar-refractivity contribution >= 4 is 0 Å². The van der Waals surface area contributed by atoms with E-state index >= 15 is 0 Å². The largest absolute Gasteiger partial charge is 0.0651 e. The molecule has 5 fully saturated rings. The lowest BCUT2D eigenvalue weighted by molar-refractivity contribution is -0.165. The minimum absolute atomic E-state index is 1.12. The summed E-state index contributed by atoms with van der Waals surface area (Å²) in [4.78, 5) is 0. The van der Waals surface area contributed by atoms with Crippen molar-refractivity contribution in [3.63, 3.8) is 0 Å². The van der Waals surface area contributed by atoms with Gasteiger partial charge < -0.3 is 0 Å². The summed E-state index contributed by atoms with van der Waals surface area (Å²) in [6.07, 6.45) is 17.5. The first-order valence-corrected chi connectivity index (χ1v) is 10.4. The van der Waals surface area contributed by atoms with Crippen LogP contribution in [0.15, 0.2) is 0 Å². The molecule has 5 aliphatic rings. The van der Waals surface area contributed by atoms with E-state index in [1.54, 1.807) is 64.2 Å². The van der Waals surface area contributed by atoms with Crippen LogP contribution in [0.5, 0.6) is 0 Å². The van der Waals surface area contributed by atoms with Gasteiger partial charge in [0.15, 0.2) is 0 Å². The molecule has 0 radical (unpaired) electrons. The molecule has 0 heteroatoms. The molecule has 118 valence electrons. The number of hydrogen-bond acceptors (Lipinski definition) is 0. The van der Waals surface area contributed by atoms with E-state index in [-0.39, 0.29) is 0 Å². The fourth-order valence-electron chi connectivity index (χ4n) is 8.77. The molecule has 0 spiro atoms. The summed E-state index contributed by atoms with van der Waals surface area (Å²) >= 11 is 0. The fraction of sp³-hybridized carbons (Fsp3) is 1.00. The molecule has 5 saturated carbocycles. The van der Waals surface area contributed by atoms with Crippen molar-refractivity contribution in [1.29, 1.82) is 0 Å². The molecule has 6 unspecified atom stereocenters. The van der Waals surface area contributed by atoms with Gasteiger partial charge in [-0.15, -0.1) is 0 Å². The predicted molar refractivity (Wildman–Crippen MR) is 87.9 cm³/mol. The lowest BCUT2D eigenvalue weighted by atomic mass is 9.40. The molecule has 0 bridgehead atoms. The maximum Gasteiger partial charge on any atom is -0.0318 e. The Kier molecular flexibility index (Phi) is 3.20. The molecule has 0 heterocycles. The molecular formula is C21H34. The van der Waals surface area contributed by atoms with Crippen LogP contribution >= 0.6 is 0 Å². The summed E-state index contributed by atoms with van der Waals surface area (Å²) in [6.45, 7) is 2.53. The molecule has 21 heavy (non-hydrogen) atoms. The maximum atomic E-state index is 2.53. The Balaban J connectivity index is 1.58. The third-order valence-electron chi connectivity index (χ3n) is 9.12. The second-order valence-electron chi connectivity index (χ2n) is 9.43. The maximum absolute atomic E-state index is 2.53. The smallest absolute Gasteiger partial charge is 0.0318 e. The summed E-state index contributed by atoms with van der Waals surface area (Å²) in [5.74, 6) is 10.5. The van der Waals surface area contributed by atoms with Crippen LogP contribution in [0, 0.1) is 53.3 Å². The minimum Gasteiger partial charge on any atom is -0.0651 e. The van der Waals surface area contributed by atoms with Gasteiger partial charge in [-0.2, -0.15) is 0 Å². The first-order chi connectivity index (χ1) is 10.4. The SMILES string of the molecule is CCC1C2CCCC3CCC4CCC5CCCC1C5C4C32. The van der Waals surface area contributed by atoms with E-state index in [2.05, 4.69) is 6.92 Å². The zero-order chi connectivity index (χ0) is 14.0. The van der Waals surface area contributed by atoms with Crippen LogP contribution in [0.2, 0.25) is 0 Å². The minimum atomic E-state index is 1.12. The van der Waals surface area contributed by atoms with Crippen molar-refractivity contribution in [3.8, 4) is 0 Å². The zero-order valence-corrected chi connectivity index (χ0v) is 14.0. The van der Waals surface area contributed by atoms with E-state index in [0.29, 0.717) is 0 Å². The number of rotatable bonds is 1. The van der Waals surface area contributed by atoms with Crippen molar-refractivity contribution in [2.75, 3.05) is 0 Å². The van der Waals surface area contributed by atoms with E-state index in [1.807, 2.05) is 0 Å². The van der Waals surface area contributed by atoms with Crippen LogP contribution in [0.1, 0.15) is 77.6 Å². The van der Waals surface area contributed by atoms with Gasteiger partial charge in [0.25, 0.3) is 0 Å². The Morgan fingerprint density at radius 1 is 0.571 bits per heavy atom. The van der Waals surface area contributed by atoms with Gasteiger partial charge in [0.1, 0.15) is 0 Å². The van der Waals surface area contributed by atoms with Gasteiger partial charge in [0, 0.05) is 0 Å². The quantitative estimate of drug-likeness (QED) is 0.562. The Morgan fingerprint density at radius 3 is 1.52 bits per heavy atom. The highest BCUT2D eigenvalue weighted by Crippen LogP contribution is 2.66. The molecule has 5 rings (SSSR count). The van der Waals surface area contributed by atoms with E-state index in [1.165, 1.54) is 24.2 Å². The molecule has 0 aromatic carbocycles. The Hall–Kier alpha value is 0. The average Bonchev–Trinajstić information content (AvgIpc) is 2.55. The van der Waals surface area contributed by atoms with Crippen molar-refractivity contribution in [2.24, 2.45) is 53.3 Å². The van der Waals surface area contributed by atoms with Crippen LogP contribution in [-0.2, 0) is 0 Å². The molecule has 0 saturated heterocycles. The molecule has 0 aliphatic heterocycles. The topological polar surface area (TPSA) is 0 Å². The first-order valence-electron chi connectivity index (χ1n) is 10.4. The van der Waals surface area contributed by atoms with Gasteiger partial charge in [0.05, 0.1) is 0 Å². The monoisotopic (exact) mass is 286 g/mol. The lowest BCUT2D eigenvalue weighted by Gasteiger charge is -2.65. The second kappa shape index (κ2) is 5.00. The molecule has 5 aliphatic carbocycles. The second-order valence-corrected chi connectivity index (χ2v) is 9.43.